The zero-order valence-corrected chi connectivity index (χ0v) is 16.6. The molecule has 1 aliphatic rings. The van der Waals surface area contributed by atoms with Crippen LogP contribution in [0.4, 0.5) is 0 Å². The molecule has 1 amide bonds. The largest absolute Gasteiger partial charge is 0.489 e. The lowest BCUT2D eigenvalue weighted by molar-refractivity contribution is -0.133. The van der Waals surface area contributed by atoms with Crippen molar-refractivity contribution in [2.24, 2.45) is 5.41 Å². The van der Waals surface area contributed by atoms with Gasteiger partial charge in [-0.15, -0.1) is 11.8 Å². The number of carbonyl (C=O) groups is 1. The van der Waals surface area contributed by atoms with Crippen molar-refractivity contribution in [3.8, 4) is 5.75 Å². The fraction of sp³-hybridized carbons (Fsp3) is 0.409. The molecule has 0 aromatic heterocycles. The van der Waals surface area contributed by atoms with Crippen LogP contribution in [0.3, 0.4) is 0 Å². The van der Waals surface area contributed by atoms with Gasteiger partial charge in [-0.05, 0) is 28.7 Å². The number of nitrogens with zero attached hydrogens (tertiary/aromatic N) is 1. The monoisotopic (exact) mass is 369 g/mol. The first-order chi connectivity index (χ1) is 12.4. The lowest BCUT2D eigenvalue weighted by Gasteiger charge is -2.28. The van der Waals surface area contributed by atoms with Crippen molar-refractivity contribution >= 4 is 17.7 Å². The smallest absolute Gasteiger partial charge is 0.224 e. The second-order valence-corrected chi connectivity index (χ2v) is 9.08. The van der Waals surface area contributed by atoms with Crippen LogP contribution in [0, 0.1) is 5.41 Å². The Labute approximate surface area is 160 Å². The van der Waals surface area contributed by atoms with E-state index in [-0.39, 0.29) is 16.7 Å². The molecule has 1 heterocycles. The van der Waals surface area contributed by atoms with Gasteiger partial charge in [0.1, 0.15) is 17.7 Å². The standard InChI is InChI=1S/C22H27NO2S/c1-22(2,3)15-20(24)23-12-13-26-21(23)18-10-7-11-19(14-18)25-16-17-8-5-4-6-9-17/h4-11,14,21H,12-13,15-16H2,1-3H3. The molecule has 0 N–H and O–H groups in total. The average Bonchev–Trinajstić information content (AvgIpc) is 3.10. The first kappa shape index (κ1) is 18.8. The fourth-order valence-electron chi connectivity index (χ4n) is 3.06. The molecule has 1 saturated heterocycles. The Morgan fingerprint density at radius 2 is 1.92 bits per heavy atom. The van der Waals surface area contributed by atoms with Crippen molar-refractivity contribution in [1.29, 1.82) is 0 Å². The Bertz CT molecular complexity index is 739. The molecule has 1 unspecified atom stereocenters. The molecule has 3 nitrogen and oxygen atoms in total. The minimum atomic E-state index is 0.00946. The van der Waals surface area contributed by atoms with Crippen molar-refractivity contribution < 1.29 is 9.53 Å². The lowest BCUT2D eigenvalue weighted by Crippen LogP contribution is -2.33. The Morgan fingerprint density at radius 3 is 2.65 bits per heavy atom. The Morgan fingerprint density at radius 1 is 1.15 bits per heavy atom. The van der Waals surface area contributed by atoms with E-state index in [0.717, 1.165) is 29.2 Å². The first-order valence-corrected chi connectivity index (χ1v) is 10.1. The molecule has 4 heteroatoms. The SMILES string of the molecule is CC(C)(C)CC(=O)N1CCSC1c1cccc(OCc2ccccc2)c1. The molecule has 26 heavy (non-hydrogen) atoms. The third-order valence-corrected chi connectivity index (χ3v) is 5.55. The maximum atomic E-state index is 12.7. The normalized spacial score (nSPS) is 17.3. The van der Waals surface area contributed by atoms with Crippen LogP contribution < -0.4 is 4.74 Å². The molecule has 138 valence electrons. The van der Waals surface area contributed by atoms with Crippen molar-refractivity contribution in [3.05, 3.63) is 65.7 Å². The molecular formula is C22H27NO2S. The van der Waals surface area contributed by atoms with Crippen LogP contribution in [0.2, 0.25) is 0 Å². The van der Waals surface area contributed by atoms with Gasteiger partial charge in [-0.1, -0.05) is 63.2 Å². The topological polar surface area (TPSA) is 29.5 Å². The van der Waals surface area contributed by atoms with Crippen molar-refractivity contribution in [3.63, 3.8) is 0 Å². The van der Waals surface area contributed by atoms with E-state index in [9.17, 15) is 4.79 Å². The summed E-state index contributed by atoms with van der Waals surface area (Å²) in [6.45, 7) is 7.71. The summed E-state index contributed by atoms with van der Waals surface area (Å²) in [7, 11) is 0. The van der Waals surface area contributed by atoms with E-state index >= 15 is 0 Å². The highest BCUT2D eigenvalue weighted by atomic mass is 32.2. The summed E-state index contributed by atoms with van der Waals surface area (Å²) in [6, 6.07) is 18.3. The molecule has 0 spiro atoms. The van der Waals surface area contributed by atoms with Crippen LogP contribution in [0.5, 0.6) is 5.75 Å². The predicted octanol–water partition coefficient (Wildman–Crippen LogP) is 5.28. The van der Waals surface area contributed by atoms with E-state index in [1.54, 1.807) is 0 Å². The number of carbonyl (C=O) groups excluding carboxylic acids is 1. The number of amides is 1. The number of benzene rings is 2. The summed E-state index contributed by atoms with van der Waals surface area (Å²) in [5, 5.41) is 0.0881. The predicted molar refractivity (Wildman–Crippen MR) is 108 cm³/mol. The highest BCUT2D eigenvalue weighted by Gasteiger charge is 2.32. The molecule has 0 radical (unpaired) electrons. The molecule has 0 aliphatic carbocycles. The number of rotatable bonds is 5. The van der Waals surface area contributed by atoms with Gasteiger partial charge in [-0.3, -0.25) is 4.79 Å². The Kier molecular flexibility index (Phi) is 5.92. The second-order valence-electron chi connectivity index (χ2n) is 7.89. The molecule has 2 aromatic carbocycles. The first-order valence-electron chi connectivity index (χ1n) is 9.10. The van der Waals surface area contributed by atoms with E-state index in [1.807, 2.05) is 47.0 Å². The Balaban J connectivity index is 1.69. The third-order valence-electron chi connectivity index (χ3n) is 4.28. The van der Waals surface area contributed by atoms with Crippen LogP contribution in [0.25, 0.3) is 0 Å². The fourth-order valence-corrected chi connectivity index (χ4v) is 4.32. The molecule has 1 aliphatic heterocycles. The minimum Gasteiger partial charge on any atom is -0.489 e. The van der Waals surface area contributed by atoms with Gasteiger partial charge in [-0.2, -0.15) is 0 Å². The van der Waals surface area contributed by atoms with E-state index in [0.29, 0.717) is 13.0 Å². The molecule has 2 aromatic rings. The zero-order valence-electron chi connectivity index (χ0n) is 15.8. The molecule has 1 fully saturated rings. The summed E-state index contributed by atoms with van der Waals surface area (Å²) in [5.74, 6) is 2.07. The van der Waals surface area contributed by atoms with E-state index in [2.05, 4.69) is 45.0 Å². The van der Waals surface area contributed by atoms with Crippen LogP contribution in [-0.2, 0) is 11.4 Å². The van der Waals surface area contributed by atoms with Crippen LogP contribution in [0.1, 0.15) is 43.7 Å². The van der Waals surface area contributed by atoms with Gasteiger partial charge >= 0.3 is 0 Å². The maximum absolute atomic E-state index is 12.7. The van der Waals surface area contributed by atoms with Gasteiger partial charge in [0.2, 0.25) is 5.91 Å². The van der Waals surface area contributed by atoms with Gasteiger partial charge in [0.15, 0.2) is 0 Å². The number of hydrogen-bond acceptors (Lipinski definition) is 3. The molecule has 0 bridgehead atoms. The summed E-state index contributed by atoms with van der Waals surface area (Å²) >= 11 is 1.83. The summed E-state index contributed by atoms with van der Waals surface area (Å²) < 4.78 is 5.96. The van der Waals surface area contributed by atoms with E-state index in [4.69, 9.17) is 4.74 Å². The van der Waals surface area contributed by atoms with Crippen LogP contribution >= 0.6 is 11.8 Å². The minimum absolute atomic E-state index is 0.00946. The van der Waals surface area contributed by atoms with Gasteiger partial charge in [0.25, 0.3) is 0 Å². The van der Waals surface area contributed by atoms with Gasteiger partial charge in [-0.25, -0.2) is 0 Å². The summed E-state index contributed by atoms with van der Waals surface area (Å²) in [6.07, 6.45) is 0.578. The average molecular weight is 370 g/mol. The third kappa shape index (κ3) is 5.04. The summed E-state index contributed by atoms with van der Waals surface area (Å²) in [4.78, 5) is 14.7. The lowest BCUT2D eigenvalue weighted by atomic mass is 9.91. The van der Waals surface area contributed by atoms with Gasteiger partial charge < -0.3 is 9.64 Å². The highest BCUT2D eigenvalue weighted by Crippen LogP contribution is 2.40. The van der Waals surface area contributed by atoms with Crippen molar-refractivity contribution in [1.82, 2.24) is 4.90 Å². The summed E-state index contributed by atoms with van der Waals surface area (Å²) in [5.41, 5.74) is 2.30. The van der Waals surface area contributed by atoms with E-state index in [1.165, 1.54) is 0 Å². The van der Waals surface area contributed by atoms with E-state index < -0.39 is 0 Å². The van der Waals surface area contributed by atoms with Gasteiger partial charge in [0.05, 0.1) is 0 Å². The maximum Gasteiger partial charge on any atom is 0.224 e. The van der Waals surface area contributed by atoms with Crippen molar-refractivity contribution in [2.75, 3.05) is 12.3 Å². The van der Waals surface area contributed by atoms with Crippen LogP contribution in [-0.4, -0.2) is 23.1 Å². The number of thioether (sulfide) groups is 1. The highest BCUT2D eigenvalue weighted by molar-refractivity contribution is 7.99. The number of hydrogen-bond donors (Lipinski definition) is 0. The molecule has 3 rings (SSSR count). The van der Waals surface area contributed by atoms with Crippen LogP contribution in [0.15, 0.2) is 54.6 Å². The number of ether oxygens (including phenoxy) is 1. The van der Waals surface area contributed by atoms with Crippen molar-refractivity contribution in [2.45, 2.75) is 39.2 Å². The molecule has 0 saturated carbocycles. The molecular weight excluding hydrogens is 342 g/mol. The quantitative estimate of drug-likeness (QED) is 0.718. The second kappa shape index (κ2) is 8.17. The zero-order chi connectivity index (χ0) is 18.6. The Hall–Kier alpha value is -1.94. The van der Waals surface area contributed by atoms with Gasteiger partial charge in [0, 0.05) is 18.7 Å². The molecule has 1 atom stereocenters.